The van der Waals surface area contributed by atoms with Gasteiger partial charge < -0.3 is 15.1 Å². The molecule has 174 valence electrons. The van der Waals surface area contributed by atoms with Gasteiger partial charge in [0.15, 0.2) is 5.58 Å². The number of urea groups is 1. The number of piperazine rings is 1. The fourth-order valence-corrected chi connectivity index (χ4v) is 5.73. The van der Waals surface area contributed by atoms with E-state index in [0.717, 1.165) is 18.5 Å². The third-order valence-electron chi connectivity index (χ3n) is 5.88. The summed E-state index contributed by atoms with van der Waals surface area (Å²) in [6.45, 7) is 4.58. The van der Waals surface area contributed by atoms with Crippen molar-refractivity contribution in [2.45, 2.75) is 31.6 Å². The molecule has 3 aromatic rings. The van der Waals surface area contributed by atoms with Crippen molar-refractivity contribution in [3.8, 4) is 0 Å². The molecule has 1 aromatic carbocycles. The summed E-state index contributed by atoms with van der Waals surface area (Å²) in [5, 5.41) is 5.39. The zero-order valence-electron chi connectivity index (χ0n) is 18.3. The van der Waals surface area contributed by atoms with Crippen molar-refractivity contribution in [3.63, 3.8) is 0 Å². The third-order valence-corrected chi connectivity index (χ3v) is 8.28. The predicted octanol–water partition coefficient (Wildman–Crippen LogP) is 2.79. The first-order valence-corrected chi connectivity index (χ1v) is 12.5. The first kappa shape index (κ1) is 21.8. The van der Waals surface area contributed by atoms with E-state index in [1.807, 2.05) is 13.0 Å². The summed E-state index contributed by atoms with van der Waals surface area (Å²) in [5.74, 6) is 0.529. The molecule has 1 saturated heterocycles. The molecular formula is C22H26N6O4S. The maximum absolute atomic E-state index is 12.4. The Bertz CT molecular complexity index is 1260. The molecule has 5 rings (SSSR count). The van der Waals surface area contributed by atoms with Gasteiger partial charge >= 0.3 is 6.03 Å². The van der Waals surface area contributed by atoms with Crippen LogP contribution in [0, 0.1) is 6.92 Å². The maximum Gasteiger partial charge on any atom is 0.323 e. The number of hydrogen-bond acceptors (Lipinski definition) is 7. The van der Waals surface area contributed by atoms with Crippen molar-refractivity contribution >= 4 is 38.5 Å². The van der Waals surface area contributed by atoms with Crippen molar-refractivity contribution in [1.29, 1.82) is 0 Å². The van der Waals surface area contributed by atoms with E-state index in [1.54, 1.807) is 34.8 Å². The van der Waals surface area contributed by atoms with Crippen LogP contribution in [0.25, 0.3) is 11.1 Å². The van der Waals surface area contributed by atoms with Crippen LogP contribution in [0.1, 0.15) is 24.4 Å². The van der Waals surface area contributed by atoms with Crippen LogP contribution in [0.3, 0.4) is 0 Å². The molecule has 2 amide bonds. The Labute approximate surface area is 192 Å². The number of sulfonamides is 1. The number of pyridine rings is 1. The first-order chi connectivity index (χ1) is 15.9. The highest BCUT2D eigenvalue weighted by molar-refractivity contribution is 7.90. The van der Waals surface area contributed by atoms with Crippen LogP contribution in [0.4, 0.5) is 16.2 Å². The largest absolute Gasteiger partial charge is 0.439 e. The smallest absolute Gasteiger partial charge is 0.323 e. The number of fused-ring (bicyclic) bond motifs is 1. The number of amides is 2. The van der Waals surface area contributed by atoms with Crippen LogP contribution < -0.4 is 10.6 Å². The second kappa shape index (κ2) is 8.73. The average molecular weight is 471 g/mol. The van der Waals surface area contributed by atoms with Crippen molar-refractivity contribution in [3.05, 3.63) is 48.1 Å². The number of para-hydroxylation sites is 1. The van der Waals surface area contributed by atoms with Crippen molar-refractivity contribution in [2.24, 2.45) is 0 Å². The zero-order valence-corrected chi connectivity index (χ0v) is 19.1. The molecule has 1 aliphatic carbocycles. The fraction of sp³-hybridized carbons (Fsp3) is 0.409. The lowest BCUT2D eigenvalue weighted by atomic mass is 10.3. The first-order valence-electron chi connectivity index (χ1n) is 11.0. The molecule has 33 heavy (non-hydrogen) atoms. The predicted molar refractivity (Wildman–Crippen MR) is 124 cm³/mol. The van der Waals surface area contributed by atoms with Crippen molar-refractivity contribution in [1.82, 2.24) is 19.2 Å². The molecule has 0 radical (unpaired) electrons. The molecule has 11 heteroatoms. The molecule has 0 bridgehead atoms. The van der Waals surface area contributed by atoms with Gasteiger partial charge in [0.25, 0.3) is 0 Å². The highest BCUT2D eigenvalue weighted by Gasteiger charge is 2.41. The van der Waals surface area contributed by atoms with Crippen molar-refractivity contribution in [2.75, 3.05) is 36.8 Å². The van der Waals surface area contributed by atoms with Crippen LogP contribution in [0.5, 0.6) is 0 Å². The van der Waals surface area contributed by atoms with Gasteiger partial charge in [-0.1, -0.05) is 6.07 Å². The SMILES string of the molecule is Cc1ccc(NC(=O)Nc2cccc3oc(CN4CCN(S(=O)(=O)C5CC5)CC4)nc23)cn1. The second-order valence-electron chi connectivity index (χ2n) is 8.45. The van der Waals surface area contributed by atoms with Gasteiger partial charge in [-0.3, -0.25) is 9.88 Å². The molecule has 2 aliphatic rings. The lowest BCUT2D eigenvalue weighted by molar-refractivity contribution is 0.169. The third kappa shape index (κ3) is 4.85. The van der Waals surface area contributed by atoms with E-state index in [4.69, 9.17) is 4.42 Å². The summed E-state index contributed by atoms with van der Waals surface area (Å²) in [6.07, 6.45) is 3.16. The molecule has 2 N–H and O–H groups in total. The molecule has 2 aromatic heterocycles. The number of aromatic nitrogens is 2. The molecule has 0 unspecified atom stereocenters. The van der Waals surface area contributed by atoms with Crippen LogP contribution in [0.15, 0.2) is 40.9 Å². The summed E-state index contributed by atoms with van der Waals surface area (Å²) in [4.78, 5) is 23.3. The Hall–Kier alpha value is -3.02. The number of nitrogens with one attached hydrogen (secondary N) is 2. The number of nitrogens with zero attached hydrogens (tertiary/aromatic N) is 4. The quantitative estimate of drug-likeness (QED) is 0.568. The molecule has 1 aliphatic heterocycles. The minimum atomic E-state index is -3.13. The summed E-state index contributed by atoms with van der Waals surface area (Å²) < 4.78 is 32.3. The Morgan fingerprint density at radius 2 is 1.91 bits per heavy atom. The monoisotopic (exact) mass is 470 g/mol. The van der Waals surface area contributed by atoms with E-state index in [-0.39, 0.29) is 5.25 Å². The number of rotatable bonds is 6. The number of hydrogen-bond donors (Lipinski definition) is 2. The number of oxazole rings is 1. The maximum atomic E-state index is 12.4. The highest BCUT2D eigenvalue weighted by Crippen LogP contribution is 2.31. The zero-order chi connectivity index (χ0) is 23.0. The number of anilines is 2. The van der Waals surface area contributed by atoms with E-state index < -0.39 is 16.1 Å². The van der Waals surface area contributed by atoms with Crippen LogP contribution >= 0.6 is 0 Å². The van der Waals surface area contributed by atoms with E-state index in [0.29, 0.717) is 61.1 Å². The average Bonchev–Trinajstić information content (AvgIpc) is 3.57. The normalized spacial score (nSPS) is 17.8. The molecule has 10 nitrogen and oxygen atoms in total. The van der Waals surface area contributed by atoms with Crippen molar-refractivity contribution < 1.29 is 17.6 Å². The summed E-state index contributed by atoms with van der Waals surface area (Å²) in [7, 11) is -3.13. The highest BCUT2D eigenvalue weighted by atomic mass is 32.2. The summed E-state index contributed by atoms with van der Waals surface area (Å²) in [5.41, 5.74) is 3.15. The lowest BCUT2D eigenvalue weighted by Gasteiger charge is -2.33. The Balaban J connectivity index is 1.22. The van der Waals surface area contributed by atoms with E-state index in [2.05, 4.69) is 25.5 Å². The standard InChI is InChI=1S/C22H26N6O4S/c1-15-5-6-16(13-23-15)24-22(29)25-18-3-2-4-19-21(18)26-20(32-19)14-27-9-11-28(12-10-27)33(30,31)17-7-8-17/h2-6,13,17H,7-12,14H2,1H3,(H2,24,25,29). The van der Waals surface area contributed by atoms with Gasteiger partial charge in [0, 0.05) is 31.9 Å². The topological polar surface area (TPSA) is 121 Å². The number of aryl methyl sites for hydroxylation is 1. The minimum Gasteiger partial charge on any atom is -0.439 e. The van der Waals surface area contributed by atoms with Crippen LogP contribution in [0.2, 0.25) is 0 Å². The van der Waals surface area contributed by atoms with Gasteiger partial charge in [0.1, 0.15) is 5.52 Å². The lowest BCUT2D eigenvalue weighted by Crippen LogP contribution is -2.49. The van der Waals surface area contributed by atoms with Gasteiger partial charge in [-0.05, 0) is 44.0 Å². The number of carbonyl (C=O) groups is 1. The van der Waals surface area contributed by atoms with Gasteiger partial charge in [0.2, 0.25) is 15.9 Å². The minimum absolute atomic E-state index is 0.175. The summed E-state index contributed by atoms with van der Waals surface area (Å²) >= 11 is 0. The molecule has 0 atom stereocenters. The van der Waals surface area contributed by atoms with E-state index in [9.17, 15) is 13.2 Å². The van der Waals surface area contributed by atoms with E-state index in [1.165, 1.54) is 0 Å². The van der Waals surface area contributed by atoms with E-state index >= 15 is 0 Å². The van der Waals surface area contributed by atoms with Crippen LogP contribution in [-0.4, -0.2) is 65.1 Å². The van der Waals surface area contributed by atoms with Crippen LogP contribution in [-0.2, 0) is 16.6 Å². The molecular weight excluding hydrogens is 444 g/mol. The molecule has 0 spiro atoms. The van der Waals surface area contributed by atoms with Gasteiger partial charge in [-0.2, -0.15) is 4.31 Å². The Kier molecular flexibility index (Phi) is 5.77. The van der Waals surface area contributed by atoms with Gasteiger partial charge in [-0.25, -0.2) is 18.2 Å². The molecule has 3 heterocycles. The fourth-order valence-electron chi connectivity index (χ4n) is 3.90. The Morgan fingerprint density at radius 3 is 2.61 bits per heavy atom. The number of carbonyl (C=O) groups excluding carboxylic acids is 1. The van der Waals surface area contributed by atoms with Gasteiger partial charge in [-0.15, -0.1) is 0 Å². The Morgan fingerprint density at radius 1 is 1.12 bits per heavy atom. The second-order valence-corrected chi connectivity index (χ2v) is 10.7. The molecule has 2 fully saturated rings. The summed E-state index contributed by atoms with van der Waals surface area (Å²) in [6, 6.07) is 8.57. The number of benzene rings is 1. The van der Waals surface area contributed by atoms with Gasteiger partial charge in [0.05, 0.1) is 29.4 Å². The molecule has 1 saturated carbocycles.